The van der Waals surface area contributed by atoms with E-state index in [2.05, 4.69) is 9.97 Å². The molecule has 1 aliphatic rings. The summed E-state index contributed by atoms with van der Waals surface area (Å²) in [7, 11) is 0. The lowest BCUT2D eigenvalue weighted by Crippen LogP contribution is -2.32. The molecule has 0 bridgehead atoms. The Bertz CT molecular complexity index is 1140. The van der Waals surface area contributed by atoms with Crippen molar-refractivity contribution < 1.29 is 24.5 Å². The maximum absolute atomic E-state index is 13.3. The van der Waals surface area contributed by atoms with Gasteiger partial charge in [0, 0.05) is 16.7 Å². The van der Waals surface area contributed by atoms with E-state index >= 15 is 0 Å². The molecule has 4 rings (SSSR count). The quantitative estimate of drug-likeness (QED) is 0.457. The molecule has 0 aromatic carbocycles. The fourth-order valence-corrected chi connectivity index (χ4v) is 4.32. The van der Waals surface area contributed by atoms with Crippen LogP contribution >= 0.6 is 11.3 Å². The van der Waals surface area contributed by atoms with Gasteiger partial charge >= 0.3 is 11.7 Å². The molecule has 3 aromatic heterocycles. The van der Waals surface area contributed by atoms with E-state index < -0.39 is 30.1 Å². The van der Waals surface area contributed by atoms with Crippen molar-refractivity contribution in [2.45, 2.75) is 38.3 Å². The predicted octanol–water partition coefficient (Wildman–Crippen LogP) is 0.102. The van der Waals surface area contributed by atoms with Crippen LogP contribution in [0.3, 0.4) is 0 Å². The summed E-state index contributed by atoms with van der Waals surface area (Å²) in [5, 5.41) is 21.4. The van der Waals surface area contributed by atoms with E-state index in [1.807, 2.05) is 0 Å². The van der Waals surface area contributed by atoms with E-state index in [-0.39, 0.29) is 37.8 Å². The van der Waals surface area contributed by atoms with E-state index in [0.29, 0.717) is 11.1 Å². The van der Waals surface area contributed by atoms with E-state index in [9.17, 15) is 19.8 Å². The van der Waals surface area contributed by atoms with Crippen LogP contribution in [-0.2, 0) is 16.0 Å². The normalized spacial score (nSPS) is 21.4. The van der Waals surface area contributed by atoms with Crippen molar-refractivity contribution in [1.82, 2.24) is 19.1 Å². The summed E-state index contributed by atoms with van der Waals surface area (Å²) in [5.74, 6) is -0.455. The zero-order valence-electron chi connectivity index (χ0n) is 16.1. The molecular formula is C18H21N5O6S. The maximum atomic E-state index is 13.3. The maximum Gasteiger partial charge on any atom is 0.338 e. The Balaban J connectivity index is 1.75. The number of nitrogen functional groups attached to an aromatic ring is 1. The highest BCUT2D eigenvalue weighted by atomic mass is 32.1. The summed E-state index contributed by atoms with van der Waals surface area (Å²) < 4.78 is 13.3. The average molecular weight is 435 g/mol. The second-order valence-corrected chi connectivity index (χ2v) is 7.83. The molecule has 30 heavy (non-hydrogen) atoms. The van der Waals surface area contributed by atoms with Gasteiger partial charge in [-0.05, 0) is 13.0 Å². The fraction of sp³-hybridized carbons (Fsp3) is 0.444. The summed E-state index contributed by atoms with van der Waals surface area (Å²) in [6, 6.07) is 1.67. The number of carbonyl (C=O) groups excluding carboxylic acids is 1. The third kappa shape index (κ3) is 3.58. The number of carbonyl (C=O) groups is 1. The number of fused-ring (bicyclic) bond motifs is 1. The van der Waals surface area contributed by atoms with Crippen LogP contribution in [0.5, 0.6) is 0 Å². The third-order valence-electron chi connectivity index (χ3n) is 4.83. The van der Waals surface area contributed by atoms with Crippen LogP contribution in [0.2, 0.25) is 0 Å². The number of hydrogen-bond donors (Lipinski definition) is 3. The first kappa shape index (κ1) is 20.5. The van der Waals surface area contributed by atoms with Crippen molar-refractivity contribution in [3.8, 4) is 0 Å². The summed E-state index contributed by atoms with van der Waals surface area (Å²) in [4.78, 5) is 34.1. The van der Waals surface area contributed by atoms with Gasteiger partial charge in [-0.25, -0.2) is 19.1 Å². The molecule has 12 heteroatoms. The molecule has 0 amide bonds. The first-order chi connectivity index (χ1) is 14.4. The lowest BCUT2D eigenvalue weighted by Gasteiger charge is -2.15. The Labute approximate surface area is 174 Å². The van der Waals surface area contributed by atoms with Gasteiger partial charge in [0.25, 0.3) is 0 Å². The zero-order chi connectivity index (χ0) is 21.4. The molecule has 1 saturated heterocycles. The standard InChI is InChI=1S/C18H21N5O6S/c1-2-28-16(26)9-3-11(30-8-9)6-22-12-5-20-17(19)21-14(12)23(18(22)27)15-13(25)4-10(7-24)29-15/h3,5,8,10,13,15,24-25H,2,4,6-7H2,1H3,(H2,19,20,21)/t10-,13+,15+/m0/s1. The van der Waals surface area contributed by atoms with Crippen LogP contribution in [0.4, 0.5) is 5.95 Å². The molecular weight excluding hydrogens is 414 g/mol. The molecule has 11 nitrogen and oxygen atoms in total. The number of anilines is 1. The summed E-state index contributed by atoms with van der Waals surface area (Å²) in [6.45, 7) is 1.89. The minimum atomic E-state index is -1.01. The van der Waals surface area contributed by atoms with Crippen molar-refractivity contribution in [3.05, 3.63) is 38.6 Å². The largest absolute Gasteiger partial charge is 0.462 e. The fourth-order valence-electron chi connectivity index (χ4n) is 3.47. The summed E-state index contributed by atoms with van der Waals surface area (Å²) in [6.07, 6.45) is -0.966. The molecule has 3 atom stereocenters. The monoisotopic (exact) mass is 435 g/mol. The van der Waals surface area contributed by atoms with Crippen LogP contribution in [0.1, 0.15) is 34.8 Å². The van der Waals surface area contributed by atoms with Crippen molar-refractivity contribution in [1.29, 1.82) is 0 Å². The highest BCUT2D eigenvalue weighted by Crippen LogP contribution is 2.30. The summed E-state index contributed by atoms with van der Waals surface area (Å²) in [5.41, 5.74) is 6.28. The Kier molecular flexibility index (Phi) is 5.56. The van der Waals surface area contributed by atoms with Crippen molar-refractivity contribution in [2.24, 2.45) is 0 Å². The lowest BCUT2D eigenvalue weighted by molar-refractivity contribution is -0.0505. The number of ether oxygens (including phenoxy) is 2. The van der Waals surface area contributed by atoms with Crippen LogP contribution in [0, 0.1) is 0 Å². The Hall–Kier alpha value is -2.80. The second kappa shape index (κ2) is 8.14. The lowest BCUT2D eigenvalue weighted by atomic mass is 10.2. The molecule has 0 spiro atoms. The number of thiophene rings is 1. The number of nitrogens with two attached hydrogens (primary N) is 1. The number of imidazole rings is 1. The average Bonchev–Trinajstić information content (AvgIpc) is 3.40. The minimum Gasteiger partial charge on any atom is -0.462 e. The Morgan fingerprint density at radius 2 is 2.30 bits per heavy atom. The number of aliphatic hydroxyl groups excluding tert-OH is 2. The van der Waals surface area contributed by atoms with Crippen LogP contribution in [0.25, 0.3) is 11.2 Å². The van der Waals surface area contributed by atoms with E-state index in [1.54, 1.807) is 18.4 Å². The molecule has 1 fully saturated rings. The molecule has 1 aliphatic heterocycles. The van der Waals surface area contributed by atoms with Gasteiger partial charge in [0.15, 0.2) is 11.9 Å². The number of aliphatic hydroxyl groups is 2. The number of hydrogen-bond acceptors (Lipinski definition) is 10. The number of aromatic nitrogens is 4. The number of nitrogens with zero attached hydrogens (tertiary/aromatic N) is 4. The van der Waals surface area contributed by atoms with Gasteiger partial charge in [-0.2, -0.15) is 4.98 Å². The second-order valence-electron chi connectivity index (χ2n) is 6.83. The van der Waals surface area contributed by atoms with Crippen molar-refractivity contribution >= 4 is 34.4 Å². The van der Waals surface area contributed by atoms with Gasteiger partial charge in [0.05, 0.1) is 37.6 Å². The number of rotatable bonds is 6. The number of esters is 1. The Morgan fingerprint density at radius 1 is 1.50 bits per heavy atom. The van der Waals surface area contributed by atoms with E-state index in [0.717, 1.165) is 4.88 Å². The Morgan fingerprint density at radius 3 is 3.00 bits per heavy atom. The first-order valence-electron chi connectivity index (χ1n) is 9.35. The van der Waals surface area contributed by atoms with E-state index in [4.69, 9.17) is 15.2 Å². The first-order valence-corrected chi connectivity index (χ1v) is 10.2. The van der Waals surface area contributed by atoms with Crippen LogP contribution in [-0.4, -0.2) is 60.7 Å². The molecule has 160 valence electrons. The van der Waals surface area contributed by atoms with Crippen molar-refractivity contribution in [3.63, 3.8) is 0 Å². The summed E-state index contributed by atoms with van der Waals surface area (Å²) >= 11 is 1.32. The molecule has 0 unspecified atom stereocenters. The molecule has 3 aromatic rings. The van der Waals surface area contributed by atoms with Crippen molar-refractivity contribution in [2.75, 3.05) is 18.9 Å². The molecule has 4 N–H and O–H groups in total. The minimum absolute atomic E-state index is 0.0275. The zero-order valence-corrected chi connectivity index (χ0v) is 16.9. The van der Waals surface area contributed by atoms with Gasteiger partial charge in [-0.3, -0.25) is 4.57 Å². The van der Waals surface area contributed by atoms with Gasteiger partial charge in [-0.15, -0.1) is 11.3 Å². The van der Waals surface area contributed by atoms with Crippen LogP contribution in [0.15, 0.2) is 22.4 Å². The highest BCUT2D eigenvalue weighted by Gasteiger charge is 2.37. The smallest absolute Gasteiger partial charge is 0.338 e. The van der Waals surface area contributed by atoms with Gasteiger partial charge in [0.1, 0.15) is 11.6 Å². The van der Waals surface area contributed by atoms with E-state index in [1.165, 1.54) is 26.7 Å². The third-order valence-corrected chi connectivity index (χ3v) is 5.75. The van der Waals surface area contributed by atoms with Gasteiger partial charge in [0.2, 0.25) is 5.95 Å². The van der Waals surface area contributed by atoms with Gasteiger partial charge < -0.3 is 25.4 Å². The van der Waals surface area contributed by atoms with Crippen LogP contribution < -0.4 is 11.4 Å². The van der Waals surface area contributed by atoms with Gasteiger partial charge in [-0.1, -0.05) is 0 Å². The molecule has 0 saturated carbocycles. The SMILES string of the molecule is CCOC(=O)c1csc(Cn2c(=O)n([C@@H]3O[C@H](CO)C[C@H]3O)c3nc(N)ncc32)c1. The topological polar surface area (TPSA) is 155 Å². The molecule has 4 heterocycles. The predicted molar refractivity (Wildman–Crippen MR) is 107 cm³/mol. The molecule has 0 aliphatic carbocycles. The highest BCUT2D eigenvalue weighted by molar-refractivity contribution is 7.10. The molecule has 0 radical (unpaired) electrons.